The van der Waals surface area contributed by atoms with Gasteiger partial charge in [0.2, 0.25) is 0 Å². The third-order valence-electron chi connectivity index (χ3n) is 3.46. The van der Waals surface area contributed by atoms with E-state index in [1.54, 1.807) is 12.1 Å². The van der Waals surface area contributed by atoms with E-state index < -0.39 is 0 Å². The van der Waals surface area contributed by atoms with Gasteiger partial charge in [0.1, 0.15) is 5.82 Å². The van der Waals surface area contributed by atoms with Crippen molar-refractivity contribution in [2.45, 2.75) is 24.5 Å². The van der Waals surface area contributed by atoms with Crippen molar-refractivity contribution in [2.24, 2.45) is 0 Å². The maximum Gasteiger partial charge on any atom is 0.253 e. The fraction of sp³-hybridized carbons (Fsp3) is 0.500. The van der Waals surface area contributed by atoms with Crippen LogP contribution in [0.15, 0.2) is 22.7 Å². The summed E-state index contributed by atoms with van der Waals surface area (Å²) >= 11 is 4.97. The first-order valence-corrected chi connectivity index (χ1v) is 8.47. The Kier molecular flexibility index (Phi) is 5.28. The van der Waals surface area contributed by atoms with Gasteiger partial charge in [-0.2, -0.15) is 11.8 Å². The maximum absolute atomic E-state index is 13.5. The van der Waals surface area contributed by atoms with Gasteiger partial charge in [-0.1, -0.05) is 0 Å². The lowest BCUT2D eigenvalue weighted by molar-refractivity contribution is 0.0761. The Labute approximate surface area is 125 Å². The second kappa shape index (κ2) is 6.75. The molecule has 0 N–H and O–H groups in total. The summed E-state index contributed by atoms with van der Waals surface area (Å²) < 4.78 is 13.9. The SMILES string of the molecule is CSC1CCCN(C(=O)c2ccc(Br)c(F)c2)CC1. The van der Waals surface area contributed by atoms with Crippen LogP contribution in [0.3, 0.4) is 0 Å². The number of rotatable bonds is 2. The Morgan fingerprint density at radius 3 is 2.89 bits per heavy atom. The first-order valence-electron chi connectivity index (χ1n) is 6.39. The highest BCUT2D eigenvalue weighted by Crippen LogP contribution is 2.23. The smallest absolute Gasteiger partial charge is 0.253 e. The number of benzene rings is 1. The zero-order valence-electron chi connectivity index (χ0n) is 10.9. The monoisotopic (exact) mass is 345 g/mol. The van der Waals surface area contributed by atoms with Crippen molar-refractivity contribution in [3.05, 3.63) is 34.1 Å². The molecule has 5 heteroatoms. The van der Waals surface area contributed by atoms with Gasteiger partial charge in [0, 0.05) is 23.9 Å². The van der Waals surface area contributed by atoms with Crippen molar-refractivity contribution < 1.29 is 9.18 Å². The Hall–Kier alpha value is -0.550. The molecule has 0 saturated carbocycles. The van der Waals surface area contributed by atoms with E-state index in [1.165, 1.54) is 6.07 Å². The lowest BCUT2D eigenvalue weighted by atomic mass is 10.2. The number of carbonyl (C=O) groups excluding carboxylic acids is 1. The van der Waals surface area contributed by atoms with Crippen LogP contribution < -0.4 is 0 Å². The van der Waals surface area contributed by atoms with Gasteiger partial charge in [0.05, 0.1) is 4.47 Å². The predicted octanol–water partition coefficient (Wildman–Crippen LogP) is 3.95. The number of likely N-dealkylation sites (tertiary alicyclic amines) is 1. The summed E-state index contributed by atoms with van der Waals surface area (Å²) in [5, 5.41) is 0.638. The molecule has 0 spiro atoms. The second-order valence-corrected chi connectivity index (χ2v) is 6.70. The topological polar surface area (TPSA) is 20.3 Å². The van der Waals surface area contributed by atoms with Crippen LogP contribution in [0.1, 0.15) is 29.6 Å². The molecule has 1 aromatic carbocycles. The number of thioether (sulfide) groups is 1. The molecule has 0 bridgehead atoms. The van der Waals surface area contributed by atoms with Crippen molar-refractivity contribution in [1.82, 2.24) is 4.90 Å². The molecule has 1 atom stereocenters. The molecule has 0 radical (unpaired) electrons. The van der Waals surface area contributed by atoms with Gasteiger partial charge in [-0.15, -0.1) is 0 Å². The van der Waals surface area contributed by atoms with E-state index in [4.69, 9.17) is 0 Å². The van der Waals surface area contributed by atoms with Crippen LogP contribution in [0, 0.1) is 5.82 Å². The van der Waals surface area contributed by atoms with Crippen molar-refractivity contribution >= 4 is 33.6 Å². The molecule has 1 aromatic rings. The molecular weight excluding hydrogens is 329 g/mol. The molecule has 0 aliphatic carbocycles. The van der Waals surface area contributed by atoms with Crippen LogP contribution >= 0.6 is 27.7 Å². The molecule has 1 saturated heterocycles. The molecule has 2 rings (SSSR count). The first-order chi connectivity index (χ1) is 9.11. The van der Waals surface area contributed by atoms with E-state index in [1.807, 2.05) is 16.7 Å². The zero-order valence-corrected chi connectivity index (χ0v) is 13.3. The Bertz CT molecular complexity index is 469. The Balaban J connectivity index is 2.08. The van der Waals surface area contributed by atoms with E-state index in [0.717, 1.165) is 32.4 Å². The van der Waals surface area contributed by atoms with Gasteiger partial charge in [-0.3, -0.25) is 4.79 Å². The van der Waals surface area contributed by atoms with Crippen LogP contribution in [-0.4, -0.2) is 35.4 Å². The summed E-state index contributed by atoms with van der Waals surface area (Å²) in [5.74, 6) is -0.448. The van der Waals surface area contributed by atoms with E-state index >= 15 is 0 Å². The third-order valence-corrected chi connectivity index (χ3v) is 5.24. The highest BCUT2D eigenvalue weighted by molar-refractivity contribution is 9.10. The molecule has 2 nitrogen and oxygen atoms in total. The summed E-state index contributed by atoms with van der Waals surface area (Å²) in [5.41, 5.74) is 0.434. The average Bonchev–Trinajstić information content (AvgIpc) is 2.66. The minimum Gasteiger partial charge on any atom is -0.339 e. The lowest BCUT2D eigenvalue weighted by Crippen LogP contribution is -2.32. The number of carbonyl (C=O) groups is 1. The zero-order chi connectivity index (χ0) is 13.8. The largest absolute Gasteiger partial charge is 0.339 e. The quantitative estimate of drug-likeness (QED) is 0.808. The van der Waals surface area contributed by atoms with Gasteiger partial charge in [0.15, 0.2) is 0 Å². The molecule has 1 heterocycles. The number of halogens is 2. The fourth-order valence-electron chi connectivity index (χ4n) is 2.32. The molecule has 104 valence electrons. The van der Waals surface area contributed by atoms with Crippen molar-refractivity contribution in [3.8, 4) is 0 Å². The summed E-state index contributed by atoms with van der Waals surface area (Å²) in [6.45, 7) is 1.54. The van der Waals surface area contributed by atoms with Gasteiger partial charge in [0.25, 0.3) is 5.91 Å². The summed E-state index contributed by atoms with van der Waals surface area (Å²) in [7, 11) is 0. The highest BCUT2D eigenvalue weighted by Gasteiger charge is 2.21. The van der Waals surface area contributed by atoms with Gasteiger partial charge < -0.3 is 4.90 Å². The van der Waals surface area contributed by atoms with E-state index in [9.17, 15) is 9.18 Å². The Morgan fingerprint density at radius 1 is 1.42 bits per heavy atom. The van der Waals surface area contributed by atoms with Crippen LogP contribution in [0.25, 0.3) is 0 Å². The molecule has 1 aliphatic rings. The molecule has 0 aromatic heterocycles. The number of hydrogen-bond donors (Lipinski definition) is 0. The molecule has 1 fully saturated rings. The molecule has 1 aliphatic heterocycles. The van der Waals surface area contributed by atoms with Crippen LogP contribution in [0.5, 0.6) is 0 Å². The Morgan fingerprint density at radius 2 is 2.21 bits per heavy atom. The van der Waals surface area contributed by atoms with Gasteiger partial charge in [-0.05, 0) is 59.6 Å². The van der Waals surface area contributed by atoms with Crippen molar-refractivity contribution in [2.75, 3.05) is 19.3 Å². The number of nitrogens with zero attached hydrogens (tertiary/aromatic N) is 1. The molecule has 1 amide bonds. The van der Waals surface area contributed by atoms with E-state index in [0.29, 0.717) is 15.3 Å². The minimum atomic E-state index is -0.386. The normalized spacial score (nSPS) is 20.2. The lowest BCUT2D eigenvalue weighted by Gasteiger charge is -2.20. The van der Waals surface area contributed by atoms with Crippen LogP contribution in [0.2, 0.25) is 0 Å². The third kappa shape index (κ3) is 3.72. The predicted molar refractivity (Wildman–Crippen MR) is 81.2 cm³/mol. The summed E-state index contributed by atoms with van der Waals surface area (Å²) in [6.07, 6.45) is 5.31. The summed E-state index contributed by atoms with van der Waals surface area (Å²) in [6, 6.07) is 4.57. The van der Waals surface area contributed by atoms with E-state index in [-0.39, 0.29) is 11.7 Å². The minimum absolute atomic E-state index is 0.0619. The summed E-state index contributed by atoms with van der Waals surface area (Å²) in [4.78, 5) is 14.2. The van der Waals surface area contributed by atoms with Gasteiger partial charge in [-0.25, -0.2) is 4.39 Å². The maximum atomic E-state index is 13.5. The van der Waals surface area contributed by atoms with E-state index in [2.05, 4.69) is 22.2 Å². The van der Waals surface area contributed by atoms with Crippen molar-refractivity contribution in [3.63, 3.8) is 0 Å². The van der Waals surface area contributed by atoms with Gasteiger partial charge >= 0.3 is 0 Å². The van der Waals surface area contributed by atoms with Crippen LogP contribution in [-0.2, 0) is 0 Å². The standard InChI is InChI=1S/C14H17BrFNOS/c1-19-11-3-2-7-17(8-6-11)14(18)10-4-5-12(15)13(16)9-10/h4-5,9,11H,2-3,6-8H2,1H3. The van der Waals surface area contributed by atoms with Crippen LogP contribution in [0.4, 0.5) is 4.39 Å². The molecule has 19 heavy (non-hydrogen) atoms. The average molecular weight is 346 g/mol. The first kappa shape index (κ1) is 14.9. The number of hydrogen-bond acceptors (Lipinski definition) is 2. The fourth-order valence-corrected chi connectivity index (χ4v) is 3.31. The molecule has 1 unspecified atom stereocenters. The molecular formula is C14H17BrFNOS. The number of amides is 1. The highest BCUT2D eigenvalue weighted by atomic mass is 79.9. The second-order valence-electron chi connectivity index (χ2n) is 4.71. The van der Waals surface area contributed by atoms with Crippen molar-refractivity contribution in [1.29, 1.82) is 0 Å².